The van der Waals surface area contributed by atoms with Gasteiger partial charge < -0.3 is 14.2 Å². The molecule has 0 aliphatic heterocycles. The maximum Gasteiger partial charge on any atom is 0.426 e. The molecule has 53 heavy (non-hydrogen) atoms. The van der Waals surface area contributed by atoms with Gasteiger partial charge in [0.05, 0.1) is 37.6 Å². The van der Waals surface area contributed by atoms with Crippen molar-refractivity contribution in [1.29, 1.82) is 0 Å². The molecule has 0 aliphatic carbocycles. The van der Waals surface area contributed by atoms with Crippen LogP contribution in [0.4, 0.5) is 105 Å². The van der Waals surface area contributed by atoms with Crippen LogP contribution < -0.4 is 0 Å². The highest BCUT2D eigenvalue weighted by Crippen LogP contribution is 2.57. The zero-order chi connectivity index (χ0) is 42.5. The van der Waals surface area contributed by atoms with Gasteiger partial charge in [-0.25, -0.2) is 8.78 Å². The maximum absolute atomic E-state index is 14.2. The average Bonchev–Trinajstić information content (AvgIpc) is 2.94. The zero-order valence-electron chi connectivity index (χ0n) is 26.2. The highest BCUT2D eigenvalue weighted by atomic mass is 19.4. The van der Waals surface area contributed by atoms with Crippen LogP contribution in [0, 0.1) is 0 Å². The highest BCUT2D eigenvalue weighted by Gasteiger charge is 2.85. The number of ether oxygens (including phenoxy) is 3. The SMILES string of the molecule is CCCC(C=COC=CC(CCC)OC(F)(F)C(F)(F)C(F)(F)C(F)(F)C(F)CC(F)(F)F)OC(F)(F)C(F)(F)C(F)(F)C(F)(F)C(F)CC(F)(F)F. The van der Waals surface area contributed by atoms with E-state index in [0.717, 1.165) is 13.8 Å². The van der Waals surface area contributed by atoms with Crippen LogP contribution >= 0.6 is 0 Å². The molecular weight excluding hydrogens is 816 g/mol. The molecule has 0 spiro atoms. The van der Waals surface area contributed by atoms with Crippen LogP contribution in [-0.4, -0.2) is 84.7 Å². The fourth-order valence-electron chi connectivity index (χ4n) is 3.64. The lowest BCUT2D eigenvalue weighted by Gasteiger charge is -2.38. The first-order chi connectivity index (χ1) is 23.3. The molecular formula is C26H26F24O3. The molecule has 0 heterocycles. The second-order valence-electron chi connectivity index (χ2n) is 10.8. The third-order valence-corrected chi connectivity index (χ3v) is 6.45. The molecule has 0 bridgehead atoms. The van der Waals surface area contributed by atoms with Crippen molar-refractivity contribution in [3.8, 4) is 0 Å². The van der Waals surface area contributed by atoms with E-state index in [1.165, 1.54) is 0 Å². The monoisotopic (exact) mass is 842 g/mol. The summed E-state index contributed by atoms with van der Waals surface area (Å²) in [6.45, 7) is 2.14. The number of halogens is 24. The van der Waals surface area contributed by atoms with Crippen molar-refractivity contribution in [1.82, 2.24) is 0 Å². The standard InChI is InChI=1S/C26H26F24O3/c1-3-5-13(52-25(47,48)23(43,44)21(39,40)19(35,36)15(27)11-17(29,30)31)7-9-51-10-8-14(6-4-2)53-26(49,50)24(45,46)22(41,42)20(37,38)16(28)12-18(32,33)34/h7-10,13-16H,3-6,11-12H2,1-2H3. The molecule has 0 saturated carbocycles. The first-order valence-electron chi connectivity index (χ1n) is 14.1. The summed E-state index contributed by atoms with van der Waals surface area (Å²) < 4.78 is 334. The Hall–Kier alpha value is -2.48. The van der Waals surface area contributed by atoms with Gasteiger partial charge >= 0.3 is 60.1 Å². The van der Waals surface area contributed by atoms with E-state index in [2.05, 4.69) is 14.2 Å². The number of rotatable bonds is 22. The van der Waals surface area contributed by atoms with E-state index in [9.17, 15) is 105 Å². The third kappa shape index (κ3) is 11.8. The van der Waals surface area contributed by atoms with Crippen LogP contribution in [-0.2, 0) is 14.2 Å². The average molecular weight is 842 g/mol. The molecule has 3 nitrogen and oxygen atoms in total. The Kier molecular flexibility index (Phi) is 16.3. The first-order valence-corrected chi connectivity index (χ1v) is 14.1. The van der Waals surface area contributed by atoms with E-state index in [4.69, 9.17) is 0 Å². The number of alkyl halides is 24. The Morgan fingerprint density at radius 2 is 0.698 bits per heavy atom. The second kappa shape index (κ2) is 17.1. The fourth-order valence-corrected chi connectivity index (χ4v) is 3.64. The van der Waals surface area contributed by atoms with E-state index in [0.29, 0.717) is 0 Å². The van der Waals surface area contributed by atoms with E-state index in [-0.39, 0.29) is 24.7 Å². The summed E-state index contributed by atoms with van der Waals surface area (Å²) in [6.07, 6.45) is -50.4. The van der Waals surface area contributed by atoms with Gasteiger partial charge in [-0.3, -0.25) is 0 Å². The molecule has 0 fully saturated rings. The topological polar surface area (TPSA) is 27.7 Å². The Labute approximate surface area is 282 Å². The molecule has 0 N–H and O–H groups in total. The van der Waals surface area contributed by atoms with Crippen LogP contribution in [0.3, 0.4) is 0 Å². The molecule has 316 valence electrons. The van der Waals surface area contributed by atoms with Gasteiger partial charge in [0.15, 0.2) is 12.3 Å². The van der Waals surface area contributed by atoms with Crippen molar-refractivity contribution in [2.45, 2.75) is 137 Å². The van der Waals surface area contributed by atoms with E-state index in [1.807, 2.05) is 0 Å². The summed E-state index contributed by atoms with van der Waals surface area (Å²) in [6, 6.07) is 0. The summed E-state index contributed by atoms with van der Waals surface area (Å²) in [7, 11) is 0. The largest absolute Gasteiger partial charge is 0.473 e. The van der Waals surface area contributed by atoms with Gasteiger partial charge in [-0.05, 0) is 25.0 Å². The summed E-state index contributed by atoms with van der Waals surface area (Å²) in [5.74, 6) is -44.2. The van der Waals surface area contributed by atoms with Crippen LogP contribution in [0.15, 0.2) is 24.7 Å². The minimum atomic E-state index is -7.56. The van der Waals surface area contributed by atoms with Crippen LogP contribution in [0.25, 0.3) is 0 Å². The molecule has 0 aromatic rings. The van der Waals surface area contributed by atoms with Crippen molar-refractivity contribution in [2.75, 3.05) is 0 Å². The van der Waals surface area contributed by atoms with Gasteiger partial charge in [-0.1, -0.05) is 26.7 Å². The number of hydrogen-bond donors (Lipinski definition) is 0. The molecule has 0 radical (unpaired) electrons. The molecule has 0 aliphatic rings. The highest BCUT2D eigenvalue weighted by molar-refractivity contribution is 5.06. The normalized spacial score (nSPS) is 17.8. The van der Waals surface area contributed by atoms with Crippen molar-refractivity contribution < 1.29 is 120 Å². The number of hydrogen-bond acceptors (Lipinski definition) is 3. The quantitative estimate of drug-likeness (QED) is 0.0803. The van der Waals surface area contributed by atoms with Crippen molar-refractivity contribution in [2.24, 2.45) is 0 Å². The first kappa shape index (κ1) is 50.5. The zero-order valence-corrected chi connectivity index (χ0v) is 26.2. The third-order valence-electron chi connectivity index (χ3n) is 6.45. The Balaban J connectivity index is 6.10. The van der Waals surface area contributed by atoms with E-state index >= 15 is 0 Å². The predicted molar refractivity (Wildman–Crippen MR) is 130 cm³/mol. The summed E-state index contributed by atoms with van der Waals surface area (Å²) >= 11 is 0. The van der Waals surface area contributed by atoms with Gasteiger partial charge in [0.25, 0.3) is 0 Å². The molecule has 4 atom stereocenters. The Bertz CT molecular complexity index is 1100. The molecule has 4 unspecified atom stereocenters. The lowest BCUT2D eigenvalue weighted by atomic mass is 9.97. The van der Waals surface area contributed by atoms with Crippen LogP contribution in [0.5, 0.6) is 0 Å². The maximum atomic E-state index is 14.2. The summed E-state index contributed by atoms with van der Waals surface area (Å²) in [4.78, 5) is 0. The molecule has 27 heteroatoms. The lowest BCUT2D eigenvalue weighted by molar-refractivity contribution is -0.437. The van der Waals surface area contributed by atoms with Crippen molar-refractivity contribution >= 4 is 0 Å². The second-order valence-corrected chi connectivity index (χ2v) is 10.8. The molecule has 0 rings (SSSR count). The fraction of sp³-hybridized carbons (Fsp3) is 0.846. The van der Waals surface area contributed by atoms with Gasteiger partial charge in [0.2, 0.25) is 0 Å². The lowest BCUT2D eigenvalue weighted by Crippen LogP contribution is -2.66. The van der Waals surface area contributed by atoms with Gasteiger partial charge in [0, 0.05) is 0 Å². The smallest absolute Gasteiger partial charge is 0.426 e. The predicted octanol–water partition coefficient (Wildman–Crippen LogP) is 12.0. The Morgan fingerprint density at radius 3 is 0.925 bits per heavy atom. The Morgan fingerprint density at radius 1 is 0.434 bits per heavy atom. The molecule has 0 aromatic carbocycles. The summed E-state index contributed by atoms with van der Waals surface area (Å²) in [5.41, 5.74) is 0. The van der Waals surface area contributed by atoms with Crippen LogP contribution in [0.1, 0.15) is 52.4 Å². The van der Waals surface area contributed by atoms with Crippen molar-refractivity contribution in [3.63, 3.8) is 0 Å². The van der Waals surface area contributed by atoms with Gasteiger partial charge in [-0.2, -0.15) is 96.6 Å². The summed E-state index contributed by atoms with van der Waals surface area (Å²) in [5, 5.41) is 0. The van der Waals surface area contributed by atoms with Crippen LogP contribution in [0.2, 0.25) is 0 Å². The van der Waals surface area contributed by atoms with E-state index in [1.54, 1.807) is 0 Å². The molecule has 0 aromatic heterocycles. The molecule has 0 amide bonds. The van der Waals surface area contributed by atoms with Gasteiger partial charge in [0.1, 0.15) is 0 Å². The van der Waals surface area contributed by atoms with E-state index < -0.39 is 123 Å². The minimum absolute atomic E-state index is 0.0330. The van der Waals surface area contributed by atoms with Gasteiger partial charge in [-0.15, -0.1) is 0 Å². The minimum Gasteiger partial charge on any atom is -0.473 e. The van der Waals surface area contributed by atoms with Crippen molar-refractivity contribution in [3.05, 3.63) is 24.7 Å². The molecule has 0 saturated heterocycles.